The molecule has 4 N–H and O–H groups in total. The molecule has 0 unspecified atom stereocenters. The highest BCUT2D eigenvalue weighted by molar-refractivity contribution is 9.10. The van der Waals surface area contributed by atoms with E-state index in [0.29, 0.717) is 34.9 Å². The Morgan fingerprint density at radius 3 is 2.39 bits per heavy atom. The molecule has 3 aromatic rings. The Bertz CT molecular complexity index is 1140. The van der Waals surface area contributed by atoms with Gasteiger partial charge in [-0.05, 0) is 58.1 Å². The Balaban J connectivity index is 1.63. The van der Waals surface area contributed by atoms with Crippen molar-refractivity contribution in [3.8, 4) is 0 Å². The molecule has 10 heteroatoms. The van der Waals surface area contributed by atoms with Gasteiger partial charge in [0.25, 0.3) is 0 Å². The molecule has 0 fully saturated rings. The molecule has 1 heterocycles. The Labute approximate surface area is 203 Å². The summed E-state index contributed by atoms with van der Waals surface area (Å²) in [4.78, 5) is 8.89. The maximum Gasteiger partial charge on any atom is 0.240 e. The number of rotatable bonds is 11. The lowest BCUT2D eigenvalue weighted by molar-refractivity contribution is 0.249. The van der Waals surface area contributed by atoms with E-state index in [2.05, 4.69) is 41.3 Å². The van der Waals surface area contributed by atoms with Crippen molar-refractivity contribution < 1.29 is 13.5 Å². The van der Waals surface area contributed by atoms with Crippen LogP contribution in [0.2, 0.25) is 0 Å². The molecular weight excluding hydrogens is 506 g/mol. The summed E-state index contributed by atoms with van der Waals surface area (Å²) in [5.74, 6) is 1.11. The molecular formula is C23H28BrN5O3S. The third kappa shape index (κ3) is 7.23. The standard InChI is InChI=1S/C23H28BrN5O3S/c1-16(2)21(15-30)28-22-20(24)14-25-23(29-22)27-18-8-10-19(11-9-18)33(31,32)26-13-12-17-6-4-3-5-7-17/h3-11,14,16,21,26,30H,12-13,15H2,1-2H3,(H2,25,27,28,29)/t21-/m0/s1. The molecule has 176 valence electrons. The van der Waals surface area contributed by atoms with Gasteiger partial charge in [0.05, 0.1) is 22.0 Å². The molecule has 3 rings (SSSR count). The summed E-state index contributed by atoms with van der Waals surface area (Å²) >= 11 is 3.42. The Morgan fingerprint density at radius 2 is 1.76 bits per heavy atom. The fourth-order valence-electron chi connectivity index (χ4n) is 3.03. The number of hydrogen-bond donors (Lipinski definition) is 4. The highest BCUT2D eigenvalue weighted by Gasteiger charge is 2.16. The van der Waals surface area contributed by atoms with E-state index in [1.165, 1.54) is 12.1 Å². The lowest BCUT2D eigenvalue weighted by Crippen LogP contribution is -2.30. The number of aromatic nitrogens is 2. The summed E-state index contributed by atoms with van der Waals surface area (Å²) in [6.45, 7) is 4.31. The molecule has 0 aliphatic rings. The van der Waals surface area contributed by atoms with E-state index in [9.17, 15) is 13.5 Å². The first-order valence-corrected chi connectivity index (χ1v) is 12.9. The minimum Gasteiger partial charge on any atom is -0.394 e. The largest absolute Gasteiger partial charge is 0.394 e. The third-order valence-electron chi connectivity index (χ3n) is 5.04. The summed E-state index contributed by atoms with van der Waals surface area (Å²) in [6.07, 6.45) is 2.23. The smallest absolute Gasteiger partial charge is 0.240 e. The van der Waals surface area contributed by atoms with E-state index in [1.807, 2.05) is 44.2 Å². The molecule has 8 nitrogen and oxygen atoms in total. The first-order valence-electron chi connectivity index (χ1n) is 10.6. The van der Waals surface area contributed by atoms with Gasteiger partial charge in [-0.15, -0.1) is 0 Å². The van der Waals surface area contributed by atoms with Crippen LogP contribution in [0.1, 0.15) is 19.4 Å². The number of hydrogen-bond acceptors (Lipinski definition) is 7. The van der Waals surface area contributed by atoms with Gasteiger partial charge in [-0.3, -0.25) is 0 Å². The number of sulfonamides is 1. The highest BCUT2D eigenvalue weighted by atomic mass is 79.9. The predicted octanol–water partition coefficient (Wildman–Crippen LogP) is 3.93. The molecule has 1 atom stereocenters. The van der Waals surface area contributed by atoms with Crippen molar-refractivity contribution in [1.82, 2.24) is 14.7 Å². The van der Waals surface area contributed by atoms with Gasteiger partial charge in [0.1, 0.15) is 5.82 Å². The molecule has 0 aliphatic heterocycles. The maximum absolute atomic E-state index is 12.6. The zero-order valence-electron chi connectivity index (χ0n) is 18.5. The van der Waals surface area contributed by atoms with E-state index in [1.54, 1.807) is 18.3 Å². The number of halogens is 1. The van der Waals surface area contributed by atoms with Gasteiger partial charge in [0.15, 0.2) is 0 Å². The molecule has 0 saturated carbocycles. The van der Waals surface area contributed by atoms with Crippen molar-refractivity contribution in [3.05, 3.63) is 70.8 Å². The Hall–Kier alpha value is -2.53. The zero-order chi connectivity index (χ0) is 23.8. The second-order valence-electron chi connectivity index (χ2n) is 7.85. The monoisotopic (exact) mass is 533 g/mol. The normalized spacial score (nSPS) is 12.5. The molecule has 1 aromatic heterocycles. The molecule has 2 aromatic carbocycles. The van der Waals surface area contributed by atoms with Crippen molar-refractivity contribution in [2.24, 2.45) is 5.92 Å². The first kappa shape index (κ1) is 25.1. The molecule has 0 spiro atoms. The van der Waals surface area contributed by atoms with E-state index >= 15 is 0 Å². The molecule has 0 aliphatic carbocycles. The molecule has 33 heavy (non-hydrogen) atoms. The van der Waals surface area contributed by atoms with Crippen molar-refractivity contribution >= 4 is 43.4 Å². The third-order valence-corrected chi connectivity index (χ3v) is 7.09. The average Bonchev–Trinajstić information content (AvgIpc) is 2.80. The highest BCUT2D eigenvalue weighted by Crippen LogP contribution is 2.24. The second-order valence-corrected chi connectivity index (χ2v) is 10.5. The lowest BCUT2D eigenvalue weighted by atomic mass is 10.1. The summed E-state index contributed by atoms with van der Waals surface area (Å²) in [5, 5.41) is 15.8. The van der Waals surface area contributed by atoms with Gasteiger partial charge >= 0.3 is 0 Å². The maximum atomic E-state index is 12.6. The number of nitrogens with one attached hydrogen (secondary N) is 3. The molecule has 0 radical (unpaired) electrons. The average molecular weight is 534 g/mol. The number of anilines is 3. The van der Waals surface area contributed by atoms with Gasteiger partial charge in [0, 0.05) is 18.4 Å². The second kappa shape index (κ2) is 11.6. The predicted molar refractivity (Wildman–Crippen MR) is 134 cm³/mol. The van der Waals surface area contributed by atoms with Crippen LogP contribution in [0.5, 0.6) is 0 Å². The minimum atomic E-state index is -3.61. The van der Waals surface area contributed by atoms with Crippen LogP contribution in [0.3, 0.4) is 0 Å². The fraction of sp³-hybridized carbons (Fsp3) is 0.304. The van der Waals surface area contributed by atoms with E-state index in [4.69, 9.17) is 0 Å². The Kier molecular flexibility index (Phi) is 8.79. The minimum absolute atomic E-state index is 0.0216. The summed E-state index contributed by atoms with van der Waals surface area (Å²) < 4.78 is 28.4. The Morgan fingerprint density at radius 1 is 1.06 bits per heavy atom. The lowest BCUT2D eigenvalue weighted by Gasteiger charge is -2.21. The number of benzene rings is 2. The van der Waals surface area contributed by atoms with Crippen LogP contribution in [-0.2, 0) is 16.4 Å². The van der Waals surface area contributed by atoms with Gasteiger partial charge < -0.3 is 15.7 Å². The van der Waals surface area contributed by atoms with Gasteiger partial charge in [-0.25, -0.2) is 18.1 Å². The summed E-state index contributed by atoms with van der Waals surface area (Å²) in [7, 11) is -3.61. The molecule has 0 bridgehead atoms. The number of aliphatic hydroxyl groups excluding tert-OH is 1. The molecule has 0 amide bonds. The van der Waals surface area contributed by atoms with Crippen LogP contribution in [0.15, 0.2) is 70.2 Å². The van der Waals surface area contributed by atoms with Crippen LogP contribution in [0.25, 0.3) is 0 Å². The van der Waals surface area contributed by atoms with Crippen LogP contribution >= 0.6 is 15.9 Å². The number of aliphatic hydroxyl groups is 1. The fourth-order valence-corrected chi connectivity index (χ4v) is 4.37. The van der Waals surface area contributed by atoms with E-state index < -0.39 is 10.0 Å². The van der Waals surface area contributed by atoms with Crippen molar-refractivity contribution in [1.29, 1.82) is 0 Å². The van der Waals surface area contributed by atoms with Crippen molar-refractivity contribution in [2.45, 2.75) is 31.2 Å². The van der Waals surface area contributed by atoms with Crippen LogP contribution < -0.4 is 15.4 Å². The van der Waals surface area contributed by atoms with Crippen LogP contribution in [-0.4, -0.2) is 42.7 Å². The van der Waals surface area contributed by atoms with Crippen LogP contribution in [0, 0.1) is 5.92 Å². The van der Waals surface area contributed by atoms with Crippen LogP contribution in [0.4, 0.5) is 17.5 Å². The van der Waals surface area contributed by atoms with Gasteiger partial charge in [0.2, 0.25) is 16.0 Å². The van der Waals surface area contributed by atoms with Gasteiger partial charge in [-0.2, -0.15) is 4.98 Å². The zero-order valence-corrected chi connectivity index (χ0v) is 20.9. The topological polar surface area (TPSA) is 116 Å². The van der Waals surface area contributed by atoms with Crippen molar-refractivity contribution in [3.63, 3.8) is 0 Å². The summed E-state index contributed by atoms with van der Waals surface area (Å²) in [6, 6.07) is 16.0. The number of nitrogens with zero attached hydrogens (tertiary/aromatic N) is 2. The van der Waals surface area contributed by atoms with E-state index in [0.717, 1.165) is 5.56 Å². The van der Waals surface area contributed by atoms with E-state index in [-0.39, 0.29) is 23.5 Å². The molecule has 0 saturated heterocycles. The van der Waals surface area contributed by atoms with Gasteiger partial charge in [-0.1, -0.05) is 44.2 Å². The quantitative estimate of drug-likeness (QED) is 0.295. The summed E-state index contributed by atoms with van der Waals surface area (Å²) in [5.41, 5.74) is 1.72. The SMILES string of the molecule is CC(C)[C@H](CO)Nc1nc(Nc2ccc(S(=O)(=O)NCCc3ccccc3)cc2)ncc1Br. The van der Waals surface area contributed by atoms with Crippen molar-refractivity contribution in [2.75, 3.05) is 23.8 Å². The first-order chi connectivity index (χ1) is 15.8.